The van der Waals surface area contributed by atoms with Crippen molar-refractivity contribution in [3.63, 3.8) is 0 Å². The summed E-state index contributed by atoms with van der Waals surface area (Å²) in [5.41, 5.74) is 8.29. The van der Waals surface area contributed by atoms with E-state index >= 15 is 0 Å². The Morgan fingerprint density at radius 1 is 0.737 bits per heavy atom. The first-order chi connectivity index (χ1) is 18.3. The first-order valence-corrected chi connectivity index (χ1v) is 17.3. The lowest BCUT2D eigenvalue weighted by molar-refractivity contribution is 0.406. The van der Waals surface area contributed by atoms with Gasteiger partial charge in [-0.15, -0.1) is 0 Å². The summed E-state index contributed by atoms with van der Waals surface area (Å²) in [7, 11) is 1.75. The molecule has 0 amide bonds. The first-order valence-electron chi connectivity index (χ1n) is 15.4. The van der Waals surface area contributed by atoms with Crippen LogP contribution in [0.3, 0.4) is 0 Å². The average Bonchev–Trinajstić information content (AvgIpc) is 3.06. The van der Waals surface area contributed by atoms with Crippen LogP contribution in [0.5, 0.6) is 11.5 Å². The Bertz CT molecular complexity index is 1110. The largest absolute Gasteiger partial charge is 0.496 e. The van der Waals surface area contributed by atoms with Gasteiger partial charge in [0.15, 0.2) is 5.75 Å². The second-order valence-corrected chi connectivity index (χ2v) is 16.3. The number of hydrogen-bond donors (Lipinski definition) is 0. The molecule has 3 nitrogen and oxygen atoms in total. The molecule has 2 fully saturated rings. The molecule has 0 N–H and O–H groups in total. The third kappa shape index (κ3) is 4.71. The van der Waals surface area contributed by atoms with E-state index in [4.69, 9.17) is 14.6 Å². The number of rotatable bonds is 6. The summed E-state index contributed by atoms with van der Waals surface area (Å²) < 4.78 is 12.6. The van der Waals surface area contributed by atoms with Gasteiger partial charge >= 0.3 is 0 Å². The smallest absolute Gasteiger partial charge is 0.160 e. The van der Waals surface area contributed by atoms with Crippen LogP contribution in [0.15, 0.2) is 24.3 Å². The van der Waals surface area contributed by atoms with Crippen molar-refractivity contribution in [2.24, 2.45) is 0 Å². The van der Waals surface area contributed by atoms with E-state index in [1.807, 2.05) is 14.2 Å². The fourth-order valence-electron chi connectivity index (χ4n) is 7.81. The summed E-state index contributed by atoms with van der Waals surface area (Å²) in [6.07, 6.45) is 13.3. The zero-order chi connectivity index (χ0) is 27.0. The molecule has 0 bridgehead atoms. The Morgan fingerprint density at radius 2 is 1.29 bits per heavy atom. The van der Waals surface area contributed by atoms with Crippen LogP contribution >= 0.6 is 7.41 Å². The van der Waals surface area contributed by atoms with E-state index < -0.39 is 7.41 Å². The van der Waals surface area contributed by atoms with Crippen LogP contribution in [0, 0.1) is 0 Å². The molecule has 5 rings (SSSR count). The quantitative estimate of drug-likeness (QED) is 0.345. The summed E-state index contributed by atoms with van der Waals surface area (Å²) in [6.45, 7) is 11.7. The maximum Gasteiger partial charge on any atom is 0.160 e. The van der Waals surface area contributed by atoms with E-state index in [-0.39, 0.29) is 6.04 Å². The third-order valence-corrected chi connectivity index (χ3v) is 14.9. The molecule has 208 valence electrons. The molecule has 0 aromatic heterocycles. The van der Waals surface area contributed by atoms with Crippen LogP contribution in [0.25, 0.3) is 16.2 Å². The Morgan fingerprint density at radius 3 is 1.79 bits per heavy atom. The van der Waals surface area contributed by atoms with Gasteiger partial charge in [-0.1, -0.05) is 71.2 Å². The van der Waals surface area contributed by atoms with Crippen LogP contribution in [-0.2, 0) is 0 Å². The van der Waals surface area contributed by atoms with E-state index in [0.717, 1.165) is 11.5 Å². The monoisotopic (exact) mass is 535 g/mol. The number of ether oxygens (including phenoxy) is 2. The lowest BCUT2D eigenvalue weighted by Crippen LogP contribution is -2.35. The summed E-state index contributed by atoms with van der Waals surface area (Å²) in [5, 5.41) is 7.65. The first kappa shape index (κ1) is 28.0. The van der Waals surface area contributed by atoms with Gasteiger partial charge in [0.25, 0.3) is 0 Å². The predicted molar refractivity (Wildman–Crippen MR) is 165 cm³/mol. The Kier molecular flexibility index (Phi) is 8.47. The maximum absolute atomic E-state index is 6.33. The van der Waals surface area contributed by atoms with Gasteiger partial charge in [-0.2, -0.15) is 0 Å². The molecule has 1 atom stereocenters. The molecule has 0 radical (unpaired) electrons. The highest BCUT2D eigenvalue weighted by Gasteiger charge is 2.53. The molecular formula is C34H50NO2P. The van der Waals surface area contributed by atoms with Gasteiger partial charge in [0.05, 0.1) is 31.1 Å². The van der Waals surface area contributed by atoms with Crippen LogP contribution < -0.4 is 14.8 Å². The van der Waals surface area contributed by atoms with E-state index in [2.05, 4.69) is 58.9 Å². The zero-order valence-corrected chi connectivity index (χ0v) is 25.9. The third-order valence-electron chi connectivity index (χ3n) is 9.74. The van der Waals surface area contributed by atoms with E-state index in [0.29, 0.717) is 23.2 Å². The van der Waals surface area contributed by atoms with Gasteiger partial charge < -0.3 is 14.6 Å². The maximum atomic E-state index is 6.33. The van der Waals surface area contributed by atoms with Crippen molar-refractivity contribution in [2.45, 2.75) is 128 Å². The molecule has 4 heteroatoms. The minimum absolute atomic E-state index is 0.167. The second kappa shape index (κ2) is 11.5. The normalized spacial score (nSPS) is 22.2. The fourth-order valence-corrected chi connectivity index (χ4v) is 13.7. The van der Waals surface area contributed by atoms with Gasteiger partial charge in [-0.25, -0.2) is 0 Å². The molecule has 2 aromatic carbocycles. The zero-order valence-electron chi connectivity index (χ0n) is 25.0. The van der Waals surface area contributed by atoms with Gasteiger partial charge in [0, 0.05) is 0 Å². The molecule has 38 heavy (non-hydrogen) atoms. The van der Waals surface area contributed by atoms with Crippen molar-refractivity contribution in [1.29, 1.82) is 0 Å². The summed E-state index contributed by atoms with van der Waals surface area (Å²) in [4.78, 5) is 0. The van der Waals surface area contributed by atoms with Crippen LogP contribution in [-0.4, -0.2) is 25.5 Å². The predicted octanol–water partition coefficient (Wildman–Crippen LogP) is 10.3. The van der Waals surface area contributed by atoms with E-state index in [1.165, 1.54) is 97.3 Å². The molecule has 1 unspecified atom stereocenters. The summed E-state index contributed by atoms with van der Waals surface area (Å²) in [5.74, 6) is 2.95. The van der Waals surface area contributed by atoms with Crippen molar-refractivity contribution in [3.8, 4) is 22.6 Å². The van der Waals surface area contributed by atoms with Crippen molar-refractivity contribution in [2.75, 3.05) is 14.2 Å². The molecule has 2 saturated carbocycles. The molecule has 3 aliphatic rings. The fraction of sp³-hybridized carbons (Fsp3) is 0.647. The van der Waals surface area contributed by atoms with Crippen LogP contribution in [0.1, 0.15) is 133 Å². The molecular weight excluding hydrogens is 485 g/mol. The van der Waals surface area contributed by atoms with Crippen LogP contribution in [0.2, 0.25) is 0 Å². The summed E-state index contributed by atoms with van der Waals surface area (Å²) >= 11 is 0. The lowest BCUT2D eigenvalue weighted by Gasteiger charge is -2.53. The Labute approximate surface area is 232 Å². The van der Waals surface area contributed by atoms with E-state index in [9.17, 15) is 0 Å². The highest BCUT2D eigenvalue weighted by Crippen LogP contribution is 2.80. The minimum atomic E-state index is -1.98. The second-order valence-electron chi connectivity index (χ2n) is 12.7. The minimum Gasteiger partial charge on any atom is -0.496 e. The molecule has 1 heterocycles. The summed E-state index contributed by atoms with van der Waals surface area (Å²) in [6, 6.07) is 9.50. The molecule has 2 aliphatic carbocycles. The van der Waals surface area contributed by atoms with Gasteiger partial charge in [0.2, 0.25) is 0 Å². The van der Waals surface area contributed by atoms with Gasteiger partial charge in [0.1, 0.15) is 11.1 Å². The number of fused-ring (bicyclic) bond motifs is 3. The van der Waals surface area contributed by atoms with Gasteiger partial charge in [-0.05, 0) is 99.4 Å². The van der Waals surface area contributed by atoms with Crippen molar-refractivity contribution in [3.05, 3.63) is 46.0 Å². The Balaban J connectivity index is 1.92. The highest BCUT2D eigenvalue weighted by atomic mass is 31.2. The number of nitrogens with zero attached hydrogens (tertiary/aromatic N) is 1. The standard InChI is InChI=1S/C34H50NO2P/c1-22(2)25-20-28(23(3)4)32-29(21-25)24(5)35-38(26-14-10-8-11-15-26,27-16-12-9-13-17-27)34-31(37-7)19-18-30(36-6)33(32)34/h18-24,26-27H,8-17H2,1-7H3. The molecule has 0 spiro atoms. The van der Waals surface area contributed by atoms with Gasteiger partial charge in [-0.3, -0.25) is 0 Å². The Hall–Kier alpha value is -1.57. The molecule has 2 aromatic rings. The number of benzene rings is 2. The number of methoxy groups -OCH3 is 2. The van der Waals surface area contributed by atoms with E-state index in [1.54, 1.807) is 0 Å². The SMILES string of the molecule is COc1ccc(OC)c2c1-c1c(C(C)C)cc(C(C)C)cc1C(C)[N-][P+]2(C1CCCCC1)C1CCCCC1. The van der Waals surface area contributed by atoms with Crippen molar-refractivity contribution >= 4 is 12.7 Å². The van der Waals surface area contributed by atoms with Crippen molar-refractivity contribution < 1.29 is 9.47 Å². The highest BCUT2D eigenvalue weighted by molar-refractivity contribution is 7.87. The molecule has 1 aliphatic heterocycles. The lowest BCUT2D eigenvalue weighted by atomic mass is 9.83. The average molecular weight is 536 g/mol. The number of hydrogen-bond acceptors (Lipinski definition) is 2. The topological polar surface area (TPSA) is 32.6 Å². The molecule has 0 saturated heterocycles. The van der Waals surface area contributed by atoms with Crippen LogP contribution in [0.4, 0.5) is 0 Å². The van der Waals surface area contributed by atoms with Crippen molar-refractivity contribution in [1.82, 2.24) is 0 Å².